The lowest BCUT2D eigenvalue weighted by atomic mass is 10.1. The number of hydrogen-bond donors (Lipinski definition) is 1. The van der Waals surface area contributed by atoms with Gasteiger partial charge >= 0.3 is 0 Å². The maximum atomic E-state index is 13.6. The Bertz CT molecular complexity index is 964. The Morgan fingerprint density at radius 3 is 2.55 bits per heavy atom. The number of ether oxygens (including phenoxy) is 1. The summed E-state index contributed by atoms with van der Waals surface area (Å²) in [5, 5.41) is 0. The van der Waals surface area contributed by atoms with Gasteiger partial charge in [0.25, 0.3) is 0 Å². The van der Waals surface area contributed by atoms with Gasteiger partial charge in [0.2, 0.25) is 21.9 Å². The molecule has 1 aliphatic heterocycles. The smallest absolute Gasteiger partial charge is 0.244 e. The molecule has 0 amide bonds. The Morgan fingerprint density at radius 2 is 1.90 bits per heavy atom. The third-order valence-corrected chi connectivity index (χ3v) is 5.95. The fraction of sp³-hybridized carbons (Fsp3) is 0.500. The minimum absolute atomic E-state index is 0.0533. The van der Waals surface area contributed by atoms with Crippen LogP contribution in [0.5, 0.6) is 5.75 Å². The molecule has 2 heterocycles. The molecular formula is C18H25FN6O3S. The van der Waals surface area contributed by atoms with Crippen LogP contribution in [0.4, 0.5) is 16.3 Å². The maximum Gasteiger partial charge on any atom is 0.244 e. The van der Waals surface area contributed by atoms with Crippen molar-refractivity contribution in [2.24, 2.45) is 0 Å². The molecule has 0 aliphatic carbocycles. The lowest BCUT2D eigenvalue weighted by molar-refractivity contribution is 0.400. The van der Waals surface area contributed by atoms with Gasteiger partial charge in [0.1, 0.15) is 16.5 Å². The van der Waals surface area contributed by atoms with Gasteiger partial charge in [-0.1, -0.05) is 0 Å². The number of nitrogens with zero attached hydrogens (tertiary/aromatic N) is 5. The van der Waals surface area contributed by atoms with Gasteiger partial charge in [-0.05, 0) is 37.5 Å². The number of hydrogen-bond acceptors (Lipinski definition) is 8. The molecule has 3 rings (SSSR count). The largest absolute Gasteiger partial charge is 0.495 e. The van der Waals surface area contributed by atoms with Gasteiger partial charge in [-0.2, -0.15) is 15.0 Å². The average Bonchev–Trinajstić information content (AvgIpc) is 2.72. The van der Waals surface area contributed by atoms with Crippen molar-refractivity contribution in [3.05, 3.63) is 29.8 Å². The number of anilines is 2. The molecule has 158 valence electrons. The molecule has 0 saturated carbocycles. The van der Waals surface area contributed by atoms with E-state index >= 15 is 0 Å². The second-order valence-corrected chi connectivity index (χ2v) is 8.65. The number of nitrogens with one attached hydrogen (secondary N) is 1. The normalized spacial score (nSPS) is 14.7. The van der Waals surface area contributed by atoms with Crippen LogP contribution in [-0.4, -0.2) is 57.7 Å². The predicted octanol–water partition coefficient (Wildman–Crippen LogP) is 1.55. The minimum Gasteiger partial charge on any atom is -0.495 e. The molecular weight excluding hydrogens is 399 g/mol. The fourth-order valence-electron chi connectivity index (χ4n) is 3.01. The Labute approximate surface area is 170 Å². The van der Waals surface area contributed by atoms with E-state index in [0.29, 0.717) is 11.9 Å². The summed E-state index contributed by atoms with van der Waals surface area (Å²) in [7, 11) is 0.902. The van der Waals surface area contributed by atoms with E-state index in [1.807, 2.05) is 0 Å². The van der Waals surface area contributed by atoms with E-state index in [2.05, 4.69) is 24.6 Å². The SMILES string of the molecule is COc1ccc(F)cc1S(=O)(=O)NCc1nc(N(C)C)nc(N2CCCCC2)n1. The number of piperidine rings is 1. The predicted molar refractivity (Wildman–Crippen MR) is 107 cm³/mol. The molecule has 11 heteroatoms. The Hall–Kier alpha value is -2.53. The third kappa shape index (κ3) is 5.10. The van der Waals surface area contributed by atoms with Crippen molar-refractivity contribution in [3.63, 3.8) is 0 Å². The van der Waals surface area contributed by atoms with Crippen molar-refractivity contribution in [3.8, 4) is 5.75 Å². The molecule has 0 unspecified atom stereocenters. The molecule has 1 saturated heterocycles. The van der Waals surface area contributed by atoms with Gasteiger partial charge in [-0.25, -0.2) is 17.5 Å². The highest BCUT2D eigenvalue weighted by atomic mass is 32.2. The van der Waals surface area contributed by atoms with Crippen molar-refractivity contribution >= 4 is 21.9 Å². The number of halogens is 1. The topological polar surface area (TPSA) is 101 Å². The molecule has 0 bridgehead atoms. The first-order valence-corrected chi connectivity index (χ1v) is 10.8. The summed E-state index contributed by atoms with van der Waals surface area (Å²) in [6, 6.07) is 3.32. The highest BCUT2D eigenvalue weighted by Gasteiger charge is 2.22. The summed E-state index contributed by atoms with van der Waals surface area (Å²) >= 11 is 0. The zero-order valence-electron chi connectivity index (χ0n) is 16.7. The third-order valence-electron chi connectivity index (χ3n) is 4.53. The van der Waals surface area contributed by atoms with Crippen molar-refractivity contribution in [1.82, 2.24) is 19.7 Å². The lowest BCUT2D eigenvalue weighted by Gasteiger charge is -2.27. The van der Waals surface area contributed by atoms with E-state index in [0.717, 1.165) is 38.1 Å². The minimum atomic E-state index is -4.04. The first-order chi connectivity index (χ1) is 13.8. The van der Waals surface area contributed by atoms with Crippen LogP contribution in [0.2, 0.25) is 0 Å². The van der Waals surface area contributed by atoms with Gasteiger partial charge in [-0.15, -0.1) is 0 Å². The lowest BCUT2D eigenvalue weighted by Crippen LogP contribution is -2.33. The van der Waals surface area contributed by atoms with Crippen molar-refractivity contribution in [2.75, 3.05) is 44.1 Å². The Morgan fingerprint density at radius 1 is 1.17 bits per heavy atom. The molecule has 0 spiro atoms. The summed E-state index contributed by atoms with van der Waals surface area (Å²) in [6.07, 6.45) is 3.29. The van der Waals surface area contributed by atoms with Crippen LogP contribution in [0.3, 0.4) is 0 Å². The standard InChI is InChI=1S/C18H25FN6O3S/c1-24(2)17-21-16(22-18(23-17)25-9-5-4-6-10-25)12-20-29(26,27)15-11-13(19)7-8-14(15)28-3/h7-8,11,20H,4-6,9-10,12H2,1-3H3. The Balaban J connectivity index is 1.85. The molecule has 2 aromatic rings. The van der Waals surface area contributed by atoms with Crippen molar-refractivity contribution in [2.45, 2.75) is 30.7 Å². The summed E-state index contributed by atoms with van der Waals surface area (Å²) in [6.45, 7) is 1.54. The zero-order valence-corrected chi connectivity index (χ0v) is 17.5. The molecule has 0 radical (unpaired) electrons. The average molecular weight is 425 g/mol. The summed E-state index contributed by atoms with van der Waals surface area (Å²) in [4.78, 5) is 16.8. The number of sulfonamides is 1. The molecule has 1 aromatic carbocycles. The highest BCUT2D eigenvalue weighted by molar-refractivity contribution is 7.89. The molecule has 1 N–H and O–H groups in total. The number of benzene rings is 1. The first-order valence-electron chi connectivity index (χ1n) is 9.30. The molecule has 9 nitrogen and oxygen atoms in total. The zero-order chi connectivity index (χ0) is 21.0. The van der Waals surface area contributed by atoms with Crippen LogP contribution in [0.15, 0.2) is 23.1 Å². The van der Waals surface area contributed by atoms with Crippen molar-refractivity contribution < 1.29 is 17.5 Å². The van der Waals surface area contributed by atoms with E-state index in [1.165, 1.54) is 19.6 Å². The van der Waals surface area contributed by atoms with Crippen molar-refractivity contribution in [1.29, 1.82) is 0 Å². The first kappa shape index (κ1) is 21.2. The van der Waals surface area contributed by atoms with E-state index in [-0.39, 0.29) is 23.0 Å². The van der Waals surface area contributed by atoms with Gasteiger partial charge in [0, 0.05) is 27.2 Å². The van der Waals surface area contributed by atoms with Gasteiger partial charge in [0.05, 0.1) is 13.7 Å². The summed E-state index contributed by atoms with van der Waals surface area (Å²) in [5.41, 5.74) is 0. The second-order valence-electron chi connectivity index (χ2n) is 6.91. The van der Waals surface area contributed by atoms with Crippen LogP contribution in [0.25, 0.3) is 0 Å². The quantitative estimate of drug-likeness (QED) is 0.715. The fourth-order valence-corrected chi connectivity index (χ4v) is 4.17. The van der Waals surface area contributed by atoms with Gasteiger partial charge in [-0.3, -0.25) is 0 Å². The van der Waals surface area contributed by atoms with Crippen LogP contribution in [-0.2, 0) is 16.6 Å². The van der Waals surface area contributed by atoms with Crippen LogP contribution in [0.1, 0.15) is 25.1 Å². The van der Waals surface area contributed by atoms with Crippen LogP contribution in [0, 0.1) is 5.82 Å². The van der Waals surface area contributed by atoms with E-state index in [1.54, 1.807) is 19.0 Å². The van der Waals surface area contributed by atoms with Crippen LogP contribution < -0.4 is 19.3 Å². The number of methoxy groups -OCH3 is 1. The number of aromatic nitrogens is 3. The molecule has 29 heavy (non-hydrogen) atoms. The van der Waals surface area contributed by atoms with E-state index in [9.17, 15) is 12.8 Å². The van der Waals surface area contributed by atoms with E-state index < -0.39 is 15.8 Å². The molecule has 1 aromatic heterocycles. The van der Waals surface area contributed by atoms with Gasteiger partial charge in [0.15, 0.2) is 5.82 Å². The van der Waals surface area contributed by atoms with Crippen LogP contribution >= 0.6 is 0 Å². The maximum absolute atomic E-state index is 13.6. The monoisotopic (exact) mass is 424 g/mol. The molecule has 1 aliphatic rings. The van der Waals surface area contributed by atoms with E-state index in [4.69, 9.17) is 4.74 Å². The summed E-state index contributed by atoms with van der Waals surface area (Å²) < 4.78 is 46.4. The highest BCUT2D eigenvalue weighted by Crippen LogP contribution is 2.24. The summed E-state index contributed by atoms with van der Waals surface area (Å²) in [5.74, 6) is 0.633. The van der Waals surface area contributed by atoms with Gasteiger partial charge < -0.3 is 14.5 Å². The molecule has 0 atom stereocenters. The number of rotatable bonds is 7. The second kappa shape index (κ2) is 8.87. The molecule has 1 fully saturated rings. The Kier molecular flexibility index (Phi) is 6.48.